The molecule has 0 N–H and O–H groups in total. The molecular weight excluding hydrogens is 1010 g/mol. The van der Waals surface area contributed by atoms with Gasteiger partial charge in [0.05, 0.1) is 0 Å². The quantitative estimate of drug-likeness (QED) is 0.0261. The van der Waals surface area contributed by atoms with Crippen LogP contribution in [-0.2, 0) is 28.6 Å². The smallest absolute Gasteiger partial charge is 0.306 e. The highest BCUT2D eigenvalue weighted by Crippen LogP contribution is 2.19. The van der Waals surface area contributed by atoms with Crippen molar-refractivity contribution in [2.24, 2.45) is 0 Å². The highest BCUT2D eigenvalue weighted by molar-refractivity contribution is 5.71. The van der Waals surface area contributed by atoms with E-state index in [0.29, 0.717) is 19.3 Å². The molecule has 0 saturated heterocycles. The van der Waals surface area contributed by atoms with E-state index in [1.807, 2.05) is 0 Å². The van der Waals surface area contributed by atoms with Gasteiger partial charge in [0.25, 0.3) is 0 Å². The third kappa shape index (κ3) is 68.7. The number of unbranched alkanes of at least 4 members (excludes halogenated alkanes) is 55. The van der Waals surface area contributed by atoms with Gasteiger partial charge in [-0.25, -0.2) is 0 Å². The standard InChI is InChI=1S/C76H144O6/c1-4-7-10-13-16-19-22-25-28-31-33-35-36-37-38-39-40-41-43-45-48-51-54-57-60-63-66-69-75(78)81-72-73(71-80-74(77)68-65-62-59-56-53-50-47-44-30-27-24-21-18-15-12-9-6-3)82-76(79)70-67-64-61-58-55-52-49-46-42-34-32-29-26-23-20-17-14-11-8-5-2/h22,25,31,33,73H,4-21,23-24,26-30,32,34-72H2,1-3H3/b25-22-,33-31-. The van der Waals surface area contributed by atoms with E-state index in [9.17, 15) is 14.4 Å². The Labute approximate surface area is 513 Å². The lowest BCUT2D eigenvalue weighted by Crippen LogP contribution is -2.30. The maximum atomic E-state index is 13.0. The van der Waals surface area contributed by atoms with Gasteiger partial charge in [0, 0.05) is 19.3 Å². The summed E-state index contributed by atoms with van der Waals surface area (Å²) >= 11 is 0. The van der Waals surface area contributed by atoms with Crippen molar-refractivity contribution in [2.45, 2.75) is 431 Å². The molecule has 484 valence electrons. The lowest BCUT2D eigenvalue weighted by atomic mass is 10.0. The van der Waals surface area contributed by atoms with Crippen molar-refractivity contribution < 1.29 is 28.6 Å². The SMILES string of the molecule is CCCCCCC/C=C\C/C=C\CCCCCCCCCCCCCCCCCC(=O)OCC(COC(=O)CCCCCCCCCCCCCCCCCCC)OC(=O)CCCCCCCCCCCCCCCCCCCCCC. The topological polar surface area (TPSA) is 78.9 Å². The first-order valence-corrected chi connectivity index (χ1v) is 37.3. The minimum Gasteiger partial charge on any atom is -0.462 e. The minimum atomic E-state index is -0.768. The summed E-state index contributed by atoms with van der Waals surface area (Å²) in [5, 5.41) is 0. The van der Waals surface area contributed by atoms with Crippen molar-refractivity contribution >= 4 is 17.9 Å². The average Bonchev–Trinajstić information content (AvgIpc) is 3.47. The summed E-state index contributed by atoms with van der Waals surface area (Å²) in [7, 11) is 0. The highest BCUT2D eigenvalue weighted by atomic mass is 16.6. The first-order chi connectivity index (χ1) is 40.5. The van der Waals surface area contributed by atoms with E-state index in [2.05, 4.69) is 45.1 Å². The van der Waals surface area contributed by atoms with Gasteiger partial charge in [-0.3, -0.25) is 14.4 Å². The summed E-state index contributed by atoms with van der Waals surface area (Å²) in [5.74, 6) is -0.824. The molecule has 0 aliphatic rings. The zero-order chi connectivity index (χ0) is 59.2. The number of hydrogen-bond donors (Lipinski definition) is 0. The number of esters is 3. The van der Waals surface area contributed by atoms with Crippen LogP contribution in [-0.4, -0.2) is 37.2 Å². The Morgan fingerprint density at radius 1 is 0.244 bits per heavy atom. The summed E-state index contributed by atoms with van der Waals surface area (Å²) in [6.45, 7) is 6.73. The average molecular weight is 1150 g/mol. The fourth-order valence-electron chi connectivity index (χ4n) is 11.6. The van der Waals surface area contributed by atoms with Gasteiger partial charge in [0.15, 0.2) is 6.10 Å². The Morgan fingerprint density at radius 2 is 0.439 bits per heavy atom. The van der Waals surface area contributed by atoms with Gasteiger partial charge in [-0.1, -0.05) is 379 Å². The molecule has 0 saturated carbocycles. The van der Waals surface area contributed by atoms with E-state index in [0.717, 1.165) is 64.2 Å². The summed E-state index contributed by atoms with van der Waals surface area (Å²) in [6.07, 6.45) is 87.8. The van der Waals surface area contributed by atoms with Crippen LogP contribution in [0.3, 0.4) is 0 Å². The lowest BCUT2D eigenvalue weighted by molar-refractivity contribution is -0.167. The maximum absolute atomic E-state index is 13.0. The molecule has 0 aliphatic carbocycles. The van der Waals surface area contributed by atoms with Crippen LogP contribution in [0.25, 0.3) is 0 Å². The number of hydrogen-bond acceptors (Lipinski definition) is 6. The Balaban J connectivity index is 4.24. The number of carbonyl (C=O) groups excluding carboxylic acids is 3. The predicted octanol–water partition coefficient (Wildman–Crippen LogP) is 25.7. The van der Waals surface area contributed by atoms with Crippen molar-refractivity contribution in [1.29, 1.82) is 0 Å². The van der Waals surface area contributed by atoms with E-state index < -0.39 is 6.10 Å². The van der Waals surface area contributed by atoms with E-state index in [4.69, 9.17) is 14.2 Å². The van der Waals surface area contributed by atoms with E-state index in [1.165, 1.54) is 321 Å². The highest BCUT2D eigenvalue weighted by Gasteiger charge is 2.20. The van der Waals surface area contributed by atoms with Crippen molar-refractivity contribution in [1.82, 2.24) is 0 Å². The zero-order valence-electron chi connectivity index (χ0n) is 55.8. The molecule has 0 heterocycles. The Kier molecular flexibility index (Phi) is 69.5. The van der Waals surface area contributed by atoms with Gasteiger partial charge in [0.1, 0.15) is 13.2 Å². The van der Waals surface area contributed by atoms with Crippen LogP contribution >= 0.6 is 0 Å². The second-order valence-corrected chi connectivity index (χ2v) is 25.6. The number of allylic oxidation sites excluding steroid dienone is 4. The molecule has 0 radical (unpaired) electrons. The first kappa shape index (κ1) is 79.9. The van der Waals surface area contributed by atoms with E-state index in [-0.39, 0.29) is 31.1 Å². The monoisotopic (exact) mass is 1150 g/mol. The van der Waals surface area contributed by atoms with Crippen LogP contribution < -0.4 is 0 Å². The van der Waals surface area contributed by atoms with Crippen molar-refractivity contribution in [3.05, 3.63) is 24.3 Å². The molecule has 6 heteroatoms. The number of ether oxygens (including phenoxy) is 3. The molecular formula is C76H144O6. The van der Waals surface area contributed by atoms with Crippen molar-refractivity contribution in [3.8, 4) is 0 Å². The normalized spacial score (nSPS) is 12.1. The van der Waals surface area contributed by atoms with Gasteiger partial charge < -0.3 is 14.2 Å². The van der Waals surface area contributed by atoms with Gasteiger partial charge in [-0.2, -0.15) is 0 Å². The molecule has 0 amide bonds. The molecule has 1 unspecified atom stereocenters. The van der Waals surface area contributed by atoms with E-state index >= 15 is 0 Å². The maximum Gasteiger partial charge on any atom is 0.306 e. The lowest BCUT2D eigenvalue weighted by Gasteiger charge is -2.18. The summed E-state index contributed by atoms with van der Waals surface area (Å²) in [6, 6.07) is 0. The van der Waals surface area contributed by atoms with Crippen LogP contribution in [0.5, 0.6) is 0 Å². The molecule has 0 aromatic heterocycles. The number of carbonyl (C=O) groups is 3. The second kappa shape index (κ2) is 71.4. The van der Waals surface area contributed by atoms with Gasteiger partial charge in [-0.05, 0) is 51.4 Å². The molecule has 0 aromatic carbocycles. The van der Waals surface area contributed by atoms with Crippen LogP contribution in [0.15, 0.2) is 24.3 Å². The van der Waals surface area contributed by atoms with Crippen LogP contribution in [0, 0.1) is 0 Å². The fourth-order valence-corrected chi connectivity index (χ4v) is 11.6. The van der Waals surface area contributed by atoms with E-state index in [1.54, 1.807) is 0 Å². The molecule has 1 atom stereocenters. The fraction of sp³-hybridized carbons (Fsp3) is 0.908. The van der Waals surface area contributed by atoms with Crippen LogP contribution in [0.4, 0.5) is 0 Å². The molecule has 0 aromatic rings. The Hall–Kier alpha value is -2.11. The third-order valence-corrected chi connectivity index (χ3v) is 17.2. The van der Waals surface area contributed by atoms with Gasteiger partial charge >= 0.3 is 17.9 Å². The van der Waals surface area contributed by atoms with Gasteiger partial charge in [0.2, 0.25) is 0 Å². The zero-order valence-corrected chi connectivity index (χ0v) is 55.8. The summed E-state index contributed by atoms with van der Waals surface area (Å²) in [4.78, 5) is 38.5. The Morgan fingerprint density at radius 3 is 0.671 bits per heavy atom. The largest absolute Gasteiger partial charge is 0.462 e. The number of rotatable bonds is 70. The van der Waals surface area contributed by atoms with Crippen LogP contribution in [0.2, 0.25) is 0 Å². The second-order valence-electron chi connectivity index (χ2n) is 25.6. The summed E-state index contributed by atoms with van der Waals surface area (Å²) in [5.41, 5.74) is 0. The third-order valence-electron chi connectivity index (χ3n) is 17.2. The molecule has 6 nitrogen and oxygen atoms in total. The molecule has 0 spiro atoms. The van der Waals surface area contributed by atoms with Crippen molar-refractivity contribution in [2.75, 3.05) is 13.2 Å². The molecule has 0 bridgehead atoms. The Bertz CT molecular complexity index is 1320. The van der Waals surface area contributed by atoms with Crippen LogP contribution in [0.1, 0.15) is 425 Å². The molecule has 0 aliphatic heterocycles. The minimum absolute atomic E-state index is 0.0631. The van der Waals surface area contributed by atoms with Crippen molar-refractivity contribution in [3.63, 3.8) is 0 Å². The predicted molar refractivity (Wildman–Crippen MR) is 358 cm³/mol. The summed E-state index contributed by atoms with van der Waals surface area (Å²) < 4.78 is 17.0. The molecule has 0 rings (SSSR count). The van der Waals surface area contributed by atoms with Gasteiger partial charge in [-0.15, -0.1) is 0 Å². The first-order valence-electron chi connectivity index (χ1n) is 37.3. The molecule has 82 heavy (non-hydrogen) atoms. The molecule has 0 fully saturated rings.